The predicted octanol–water partition coefficient (Wildman–Crippen LogP) is 3.82. The van der Waals surface area contributed by atoms with Crippen molar-refractivity contribution < 1.29 is 0 Å². The molecule has 2 aromatic rings. The minimum atomic E-state index is -1.32. The summed E-state index contributed by atoms with van der Waals surface area (Å²) in [6.07, 6.45) is 1.91. The van der Waals surface area contributed by atoms with Gasteiger partial charge in [0, 0.05) is 17.3 Å². The van der Waals surface area contributed by atoms with Crippen molar-refractivity contribution in [1.29, 1.82) is 0 Å². The van der Waals surface area contributed by atoms with Crippen molar-refractivity contribution in [2.75, 3.05) is 0 Å². The summed E-state index contributed by atoms with van der Waals surface area (Å²) in [6.45, 7) is 14.7. The topological polar surface area (TPSA) is 12.9 Å². The lowest BCUT2D eigenvalue weighted by Gasteiger charge is -2.33. The highest BCUT2D eigenvalue weighted by Crippen LogP contribution is 2.44. The van der Waals surface area contributed by atoms with Gasteiger partial charge in [0.15, 0.2) is 0 Å². The Labute approximate surface area is 124 Å². The van der Waals surface area contributed by atoms with Crippen molar-refractivity contribution in [2.45, 2.75) is 39.3 Å². The Kier molecular flexibility index (Phi) is 2.86. The molecule has 0 radical (unpaired) electrons. The number of hydrogen-bond acceptors (Lipinski definition) is 1. The second kappa shape index (κ2) is 4.15. The molecule has 1 aliphatic rings. The quantitative estimate of drug-likeness (QED) is 0.655. The van der Waals surface area contributed by atoms with E-state index in [2.05, 4.69) is 62.5 Å². The van der Waals surface area contributed by atoms with Crippen LogP contribution in [0.2, 0.25) is 39.3 Å². The Morgan fingerprint density at radius 2 is 1.30 bits per heavy atom. The van der Waals surface area contributed by atoms with E-state index in [9.17, 15) is 0 Å². The van der Waals surface area contributed by atoms with Crippen LogP contribution in [0.3, 0.4) is 0 Å². The third kappa shape index (κ3) is 2.00. The van der Waals surface area contributed by atoms with Gasteiger partial charge in [0.2, 0.25) is 0 Å². The molecule has 0 saturated heterocycles. The first-order valence-corrected chi connectivity index (χ1v) is 14.3. The van der Waals surface area contributed by atoms with E-state index < -0.39 is 16.1 Å². The predicted molar refractivity (Wildman–Crippen MR) is 94.6 cm³/mol. The Hall–Kier alpha value is -1.20. The Balaban J connectivity index is 2.26. The van der Waals surface area contributed by atoms with E-state index in [0.29, 0.717) is 0 Å². The van der Waals surface area contributed by atoms with Gasteiger partial charge in [-0.05, 0) is 11.6 Å². The lowest BCUT2D eigenvalue weighted by Crippen LogP contribution is -2.56. The van der Waals surface area contributed by atoms with Crippen LogP contribution in [0.5, 0.6) is 0 Å². The molecule has 0 fully saturated rings. The van der Waals surface area contributed by atoms with Gasteiger partial charge in [-0.15, -0.1) is 0 Å². The summed E-state index contributed by atoms with van der Waals surface area (Å²) >= 11 is 0. The number of benzene rings is 1. The second-order valence-corrected chi connectivity index (χ2v) is 17.9. The van der Waals surface area contributed by atoms with E-state index in [0.717, 1.165) is 0 Å². The zero-order chi connectivity index (χ0) is 14.7. The van der Waals surface area contributed by atoms with Gasteiger partial charge in [0.25, 0.3) is 0 Å². The van der Waals surface area contributed by atoms with E-state index in [1.165, 1.54) is 22.4 Å². The highest BCUT2D eigenvalue weighted by atomic mass is 28.3. The van der Waals surface area contributed by atoms with Gasteiger partial charge in [-0.1, -0.05) is 67.9 Å². The SMILES string of the molecule is C[Si](C)(C)c1cc2c(cc1[Si](C)(C)C)-c1ncccc1-2. The zero-order valence-corrected chi connectivity index (χ0v) is 15.3. The van der Waals surface area contributed by atoms with Gasteiger partial charge in [0.05, 0.1) is 21.8 Å². The molecule has 0 bridgehead atoms. The highest BCUT2D eigenvalue weighted by Gasteiger charge is 2.33. The fourth-order valence-electron chi connectivity index (χ4n) is 3.03. The van der Waals surface area contributed by atoms with Gasteiger partial charge >= 0.3 is 0 Å². The molecule has 0 unspecified atom stereocenters. The van der Waals surface area contributed by atoms with Crippen LogP contribution in [-0.2, 0) is 0 Å². The Morgan fingerprint density at radius 1 is 0.750 bits per heavy atom. The molecule has 3 heteroatoms. The van der Waals surface area contributed by atoms with Gasteiger partial charge in [0.1, 0.15) is 0 Å². The number of nitrogens with zero attached hydrogens (tertiary/aromatic N) is 1. The molecule has 0 spiro atoms. The van der Waals surface area contributed by atoms with Crippen molar-refractivity contribution in [1.82, 2.24) is 4.98 Å². The van der Waals surface area contributed by atoms with Crippen molar-refractivity contribution in [3.05, 3.63) is 30.5 Å². The Morgan fingerprint density at radius 3 is 1.85 bits per heavy atom. The van der Waals surface area contributed by atoms with Gasteiger partial charge in [-0.2, -0.15) is 0 Å². The third-order valence-electron chi connectivity index (χ3n) is 4.13. The van der Waals surface area contributed by atoms with Crippen molar-refractivity contribution >= 4 is 26.5 Å². The summed E-state index contributed by atoms with van der Waals surface area (Å²) < 4.78 is 0. The fraction of sp³-hybridized carbons (Fsp3) is 0.353. The summed E-state index contributed by atoms with van der Waals surface area (Å²) in [5.41, 5.74) is 5.33. The number of hydrogen-bond donors (Lipinski definition) is 0. The molecule has 20 heavy (non-hydrogen) atoms. The molecule has 104 valence electrons. The standard InChI is InChI=1S/C17H23NSi2/c1-19(2,3)15-10-13-12-8-7-9-18-17(12)14(13)11-16(15)20(4,5)6/h7-11H,1-6H3. The maximum Gasteiger partial charge on any atom is 0.0786 e. The molecule has 0 saturated carbocycles. The summed E-state index contributed by atoms with van der Waals surface area (Å²) in [5.74, 6) is 0. The zero-order valence-electron chi connectivity index (χ0n) is 13.3. The van der Waals surface area contributed by atoms with Crippen LogP contribution in [0.15, 0.2) is 30.5 Å². The molecule has 0 amide bonds. The molecule has 1 heterocycles. The molecule has 0 aliphatic heterocycles. The van der Waals surface area contributed by atoms with Crippen LogP contribution in [0, 0.1) is 0 Å². The van der Waals surface area contributed by atoms with E-state index in [-0.39, 0.29) is 0 Å². The normalized spacial score (nSPS) is 13.5. The first kappa shape index (κ1) is 13.8. The smallest absolute Gasteiger partial charge is 0.0786 e. The van der Waals surface area contributed by atoms with Gasteiger partial charge in [-0.25, -0.2) is 0 Å². The maximum atomic E-state index is 4.55. The average Bonchev–Trinajstić information content (AvgIpc) is 2.32. The highest BCUT2D eigenvalue weighted by molar-refractivity contribution is 6.98. The van der Waals surface area contributed by atoms with Crippen molar-refractivity contribution in [3.63, 3.8) is 0 Å². The van der Waals surface area contributed by atoms with Gasteiger partial charge < -0.3 is 0 Å². The number of pyridine rings is 1. The van der Waals surface area contributed by atoms with Crippen LogP contribution in [0.25, 0.3) is 22.4 Å². The van der Waals surface area contributed by atoms with Crippen molar-refractivity contribution in [3.8, 4) is 22.4 Å². The lowest BCUT2D eigenvalue weighted by molar-refractivity contribution is 1.30. The first-order valence-electron chi connectivity index (χ1n) is 7.34. The molecule has 1 nitrogen and oxygen atoms in total. The van der Waals surface area contributed by atoms with Crippen LogP contribution in [0.4, 0.5) is 0 Å². The first-order chi connectivity index (χ1) is 9.19. The molecule has 1 aromatic heterocycles. The fourth-order valence-corrected chi connectivity index (χ4v) is 8.20. The average molecular weight is 298 g/mol. The molecule has 1 aromatic carbocycles. The molecular formula is C17H23NSi2. The molecule has 0 N–H and O–H groups in total. The Bertz CT molecular complexity index is 631. The third-order valence-corrected chi connectivity index (χ3v) is 8.44. The van der Waals surface area contributed by atoms with E-state index >= 15 is 0 Å². The van der Waals surface area contributed by atoms with Crippen LogP contribution >= 0.6 is 0 Å². The second-order valence-electron chi connectivity index (χ2n) is 7.84. The van der Waals surface area contributed by atoms with E-state index in [1.807, 2.05) is 12.3 Å². The van der Waals surface area contributed by atoms with Crippen molar-refractivity contribution in [2.24, 2.45) is 0 Å². The largest absolute Gasteiger partial charge is 0.256 e. The van der Waals surface area contributed by atoms with E-state index in [1.54, 1.807) is 10.4 Å². The summed E-state index contributed by atoms with van der Waals surface area (Å²) in [5, 5.41) is 3.30. The summed E-state index contributed by atoms with van der Waals surface area (Å²) in [4.78, 5) is 4.55. The minimum Gasteiger partial charge on any atom is -0.256 e. The summed E-state index contributed by atoms with van der Waals surface area (Å²) in [7, 11) is -2.64. The minimum absolute atomic E-state index is 1.20. The van der Waals surface area contributed by atoms with Crippen LogP contribution in [-0.4, -0.2) is 21.1 Å². The number of fused-ring (bicyclic) bond motifs is 4. The molecule has 1 aliphatic carbocycles. The maximum absolute atomic E-state index is 4.55. The molecular weight excluding hydrogens is 274 g/mol. The lowest BCUT2D eigenvalue weighted by atomic mass is 9.85. The number of rotatable bonds is 2. The van der Waals surface area contributed by atoms with E-state index in [4.69, 9.17) is 0 Å². The van der Waals surface area contributed by atoms with Crippen LogP contribution < -0.4 is 10.4 Å². The monoisotopic (exact) mass is 297 g/mol. The van der Waals surface area contributed by atoms with Gasteiger partial charge in [-0.3, -0.25) is 4.98 Å². The number of aromatic nitrogens is 1. The van der Waals surface area contributed by atoms with Crippen LogP contribution in [0.1, 0.15) is 0 Å². The molecule has 0 atom stereocenters. The summed E-state index contributed by atoms with van der Waals surface area (Å²) in [6, 6.07) is 9.19. The molecule has 3 rings (SSSR count).